The van der Waals surface area contributed by atoms with Gasteiger partial charge in [0.2, 0.25) is 0 Å². The summed E-state index contributed by atoms with van der Waals surface area (Å²) in [5, 5.41) is 12.3. The van der Waals surface area contributed by atoms with Crippen LogP contribution in [0.3, 0.4) is 0 Å². The first kappa shape index (κ1) is 35.2. The lowest BCUT2D eigenvalue weighted by Gasteiger charge is -2.36. The van der Waals surface area contributed by atoms with Crippen LogP contribution in [-0.2, 0) is 26.0 Å². The maximum atomic E-state index is 13.3. The second-order valence-electron chi connectivity index (χ2n) is 11.4. The van der Waals surface area contributed by atoms with Gasteiger partial charge in [-0.15, -0.1) is 0 Å². The summed E-state index contributed by atoms with van der Waals surface area (Å²) >= 11 is 5.88. The fourth-order valence-electron chi connectivity index (χ4n) is 5.28. The number of carboxylic acid groups (broad SMARTS) is 1. The first-order valence-corrected chi connectivity index (χ1v) is 17.6. The van der Waals surface area contributed by atoms with Gasteiger partial charge in [-0.25, -0.2) is 13.1 Å². The van der Waals surface area contributed by atoms with Gasteiger partial charge in [0.05, 0.1) is 29.4 Å². The Morgan fingerprint density at radius 2 is 1.63 bits per heavy atom. The predicted molar refractivity (Wildman–Crippen MR) is 186 cm³/mol. The third kappa shape index (κ3) is 9.74. The van der Waals surface area contributed by atoms with E-state index >= 15 is 0 Å². The molecule has 256 valence electrons. The van der Waals surface area contributed by atoms with Crippen LogP contribution in [0.1, 0.15) is 41.6 Å². The summed E-state index contributed by atoms with van der Waals surface area (Å²) in [6.45, 7) is 0.728. The smallest absolute Gasteiger partial charge is 0.303 e. The molecule has 0 bridgehead atoms. The molecule has 0 saturated carbocycles. The van der Waals surface area contributed by atoms with Crippen molar-refractivity contribution in [1.29, 1.82) is 0 Å². The molecule has 49 heavy (non-hydrogen) atoms. The van der Waals surface area contributed by atoms with Gasteiger partial charge in [-0.1, -0.05) is 48.0 Å². The van der Waals surface area contributed by atoms with E-state index in [1.807, 2.05) is 18.2 Å². The maximum Gasteiger partial charge on any atom is 0.303 e. The van der Waals surface area contributed by atoms with Gasteiger partial charge in [-0.2, -0.15) is 0 Å². The SMILES string of the molecule is O=C(O)CCCN1CC(C(=O)NS(=O)(=O)c2ccc(Cl)cc2)Oc2c(NC(=O)c3ccc(OCCCCc4ccccc4)cc3)cccc21. The quantitative estimate of drug-likeness (QED) is 0.128. The van der Waals surface area contributed by atoms with Crippen LogP contribution in [0.25, 0.3) is 0 Å². The Morgan fingerprint density at radius 1 is 0.898 bits per heavy atom. The summed E-state index contributed by atoms with van der Waals surface area (Å²) in [5.74, 6) is -1.56. The van der Waals surface area contributed by atoms with Crippen LogP contribution in [-0.4, -0.2) is 57.1 Å². The molecule has 0 radical (unpaired) electrons. The van der Waals surface area contributed by atoms with Crippen molar-refractivity contribution in [3.63, 3.8) is 0 Å². The number of hydrogen-bond donors (Lipinski definition) is 3. The van der Waals surface area contributed by atoms with Gasteiger partial charge in [0, 0.05) is 23.6 Å². The van der Waals surface area contributed by atoms with Gasteiger partial charge < -0.3 is 24.8 Å². The Morgan fingerprint density at radius 3 is 2.35 bits per heavy atom. The number of amides is 2. The topological polar surface area (TPSA) is 151 Å². The third-order valence-corrected chi connectivity index (χ3v) is 9.40. The summed E-state index contributed by atoms with van der Waals surface area (Å²) in [6.07, 6.45) is 1.69. The van der Waals surface area contributed by atoms with E-state index in [0.29, 0.717) is 28.6 Å². The monoisotopic (exact) mass is 705 g/mol. The highest BCUT2D eigenvalue weighted by Gasteiger charge is 2.34. The number of nitrogens with zero attached hydrogens (tertiary/aromatic N) is 1. The number of unbranched alkanes of at least 4 members (excludes halogenated alkanes) is 1. The van der Waals surface area contributed by atoms with Crippen molar-refractivity contribution >= 4 is 50.8 Å². The number of rotatable bonds is 15. The molecule has 4 aromatic rings. The standard InChI is InChI=1S/C36H36ClN3O8S/c37-27-16-20-29(21-17-27)49(45,46)39-36(44)32-24-40(22-7-13-33(41)42)31-12-6-11-30(34(31)48-32)38-35(43)26-14-18-28(19-15-26)47-23-5-4-10-25-8-2-1-3-9-25/h1-3,6,8-9,11-12,14-21,32H,4-5,7,10,13,22-24H2,(H,38,43)(H,39,44)(H,41,42). The number of ether oxygens (including phenoxy) is 2. The van der Waals surface area contributed by atoms with Gasteiger partial charge >= 0.3 is 5.97 Å². The summed E-state index contributed by atoms with van der Waals surface area (Å²) in [4.78, 5) is 39.4. The molecule has 1 aliphatic rings. The van der Waals surface area contributed by atoms with Crippen LogP contribution in [0.2, 0.25) is 5.02 Å². The number of fused-ring (bicyclic) bond motifs is 1. The number of halogens is 1. The zero-order valence-corrected chi connectivity index (χ0v) is 28.1. The number of carbonyl (C=O) groups is 3. The average Bonchev–Trinajstić information content (AvgIpc) is 3.09. The van der Waals surface area contributed by atoms with Crippen LogP contribution in [0, 0.1) is 0 Å². The minimum absolute atomic E-state index is 0.0558. The first-order valence-electron chi connectivity index (χ1n) is 15.8. The minimum Gasteiger partial charge on any atom is -0.494 e. The molecule has 3 N–H and O–H groups in total. The van der Waals surface area contributed by atoms with E-state index in [1.165, 1.54) is 29.8 Å². The van der Waals surface area contributed by atoms with Gasteiger partial charge in [-0.05, 0) is 91.9 Å². The van der Waals surface area contributed by atoms with Crippen molar-refractivity contribution < 1.29 is 37.4 Å². The number of para-hydroxylation sites is 1. The Labute approximate surface area is 289 Å². The Balaban J connectivity index is 1.25. The molecule has 0 spiro atoms. The zero-order valence-electron chi connectivity index (χ0n) is 26.5. The number of hydrogen-bond acceptors (Lipinski definition) is 8. The second-order valence-corrected chi connectivity index (χ2v) is 13.5. The van der Waals surface area contributed by atoms with E-state index in [-0.39, 0.29) is 42.3 Å². The third-order valence-electron chi connectivity index (χ3n) is 7.79. The summed E-state index contributed by atoms with van der Waals surface area (Å²) in [7, 11) is -4.25. The molecule has 0 saturated heterocycles. The molecule has 11 nitrogen and oxygen atoms in total. The van der Waals surface area contributed by atoms with Crippen molar-refractivity contribution in [2.45, 2.75) is 43.1 Å². The lowest BCUT2D eigenvalue weighted by molar-refractivity contribution is -0.137. The lowest BCUT2D eigenvalue weighted by atomic mass is 10.1. The van der Waals surface area contributed by atoms with Crippen molar-refractivity contribution in [3.8, 4) is 11.5 Å². The summed E-state index contributed by atoms with van der Waals surface area (Å²) < 4.78 is 39.8. The van der Waals surface area contributed by atoms with Crippen LogP contribution in [0.15, 0.2) is 102 Å². The molecule has 0 aromatic heterocycles. The molecule has 5 rings (SSSR count). The number of benzene rings is 4. The normalized spacial score (nSPS) is 13.9. The molecule has 1 unspecified atom stereocenters. The van der Waals surface area contributed by atoms with Crippen molar-refractivity contribution in [2.24, 2.45) is 0 Å². The van der Waals surface area contributed by atoms with E-state index < -0.39 is 33.9 Å². The van der Waals surface area contributed by atoms with Crippen LogP contribution < -0.4 is 24.4 Å². The fraction of sp³-hybridized carbons (Fsp3) is 0.250. The number of carboxylic acids is 1. The van der Waals surface area contributed by atoms with Crippen molar-refractivity contribution in [2.75, 3.05) is 29.9 Å². The van der Waals surface area contributed by atoms with E-state index in [2.05, 4.69) is 22.2 Å². The number of sulfonamides is 1. The molecule has 2 amide bonds. The van der Waals surface area contributed by atoms with Crippen LogP contribution in [0.5, 0.6) is 11.5 Å². The molecular formula is C36H36ClN3O8S. The fourth-order valence-corrected chi connectivity index (χ4v) is 6.41. The minimum atomic E-state index is -4.25. The highest BCUT2D eigenvalue weighted by atomic mass is 35.5. The van der Waals surface area contributed by atoms with E-state index in [4.69, 9.17) is 26.2 Å². The molecule has 1 heterocycles. The van der Waals surface area contributed by atoms with Gasteiger partial charge in [0.1, 0.15) is 5.75 Å². The van der Waals surface area contributed by atoms with Crippen molar-refractivity contribution in [1.82, 2.24) is 4.72 Å². The van der Waals surface area contributed by atoms with Crippen LogP contribution >= 0.6 is 11.6 Å². The van der Waals surface area contributed by atoms with Crippen molar-refractivity contribution in [3.05, 3.63) is 113 Å². The number of anilines is 2. The summed E-state index contributed by atoms with van der Waals surface area (Å²) in [6, 6.07) is 27.3. The lowest BCUT2D eigenvalue weighted by Crippen LogP contribution is -2.50. The van der Waals surface area contributed by atoms with Gasteiger partial charge in [0.25, 0.3) is 21.8 Å². The molecule has 0 aliphatic carbocycles. The number of aliphatic carboxylic acids is 1. The molecule has 1 atom stereocenters. The zero-order chi connectivity index (χ0) is 34.8. The maximum absolute atomic E-state index is 13.3. The largest absolute Gasteiger partial charge is 0.494 e. The average molecular weight is 706 g/mol. The molecule has 0 fully saturated rings. The first-order chi connectivity index (χ1) is 23.6. The second kappa shape index (κ2) is 16.4. The van der Waals surface area contributed by atoms with E-state index in [0.717, 1.165) is 19.3 Å². The van der Waals surface area contributed by atoms with Crippen LogP contribution in [0.4, 0.5) is 11.4 Å². The Kier molecular flexibility index (Phi) is 11.8. The highest BCUT2D eigenvalue weighted by Crippen LogP contribution is 2.40. The molecule has 1 aliphatic heterocycles. The van der Waals surface area contributed by atoms with E-state index in [9.17, 15) is 22.8 Å². The highest BCUT2D eigenvalue weighted by molar-refractivity contribution is 7.90. The molecule has 4 aromatic carbocycles. The molecule has 13 heteroatoms. The Hall–Kier alpha value is -5.07. The van der Waals surface area contributed by atoms with Gasteiger partial charge in [0.15, 0.2) is 11.9 Å². The number of nitrogens with one attached hydrogen (secondary N) is 2. The molecular weight excluding hydrogens is 670 g/mol. The number of carbonyl (C=O) groups excluding carboxylic acids is 2. The van der Waals surface area contributed by atoms with Gasteiger partial charge in [-0.3, -0.25) is 14.4 Å². The number of aryl methyl sites for hydroxylation is 1. The predicted octanol–water partition coefficient (Wildman–Crippen LogP) is 5.93. The Bertz CT molecular complexity index is 1870. The summed E-state index contributed by atoms with van der Waals surface area (Å²) in [5.41, 5.74) is 2.41. The van der Waals surface area contributed by atoms with E-state index in [1.54, 1.807) is 47.4 Å².